The van der Waals surface area contributed by atoms with Gasteiger partial charge in [0, 0.05) is 16.8 Å². The number of allylic oxidation sites excluding steroid dienone is 1. The average molecular weight is 374 g/mol. The molecule has 0 unspecified atom stereocenters. The van der Waals surface area contributed by atoms with Crippen LogP contribution in [-0.2, 0) is 17.6 Å². The molecule has 4 nitrogen and oxygen atoms in total. The largest absolute Gasteiger partial charge is 0.355 e. The Morgan fingerprint density at radius 2 is 2.16 bits per heavy atom. The highest BCUT2D eigenvalue weighted by Gasteiger charge is 2.21. The van der Waals surface area contributed by atoms with Gasteiger partial charge in [-0.2, -0.15) is 0 Å². The number of aromatic nitrogens is 2. The van der Waals surface area contributed by atoms with Gasteiger partial charge in [0.05, 0.1) is 5.75 Å². The number of aryl methyl sites for hydroxylation is 2. The fraction of sp³-hybridized carbons (Fsp3) is 0.526. The number of nitrogens with zero attached hydrogens (tertiary/aromatic N) is 2. The number of rotatable bonds is 6. The lowest BCUT2D eigenvalue weighted by Gasteiger charge is -2.12. The Labute approximate surface area is 156 Å². The third kappa shape index (κ3) is 3.90. The SMILES string of the molecule is O=C(CSc1ncnc2sc3c(c12)CCC3)NCCC1=CCCCC1. The van der Waals surface area contributed by atoms with Crippen molar-refractivity contribution in [1.29, 1.82) is 0 Å². The number of thiophene rings is 1. The van der Waals surface area contributed by atoms with E-state index in [4.69, 9.17) is 0 Å². The summed E-state index contributed by atoms with van der Waals surface area (Å²) in [5.41, 5.74) is 2.93. The van der Waals surface area contributed by atoms with E-state index < -0.39 is 0 Å². The summed E-state index contributed by atoms with van der Waals surface area (Å²) in [6, 6.07) is 0. The minimum Gasteiger partial charge on any atom is -0.355 e. The van der Waals surface area contributed by atoms with Crippen molar-refractivity contribution in [3.63, 3.8) is 0 Å². The van der Waals surface area contributed by atoms with Gasteiger partial charge in [0.1, 0.15) is 16.2 Å². The van der Waals surface area contributed by atoms with Crippen LogP contribution in [-0.4, -0.2) is 28.2 Å². The molecule has 2 aromatic heterocycles. The van der Waals surface area contributed by atoms with Crippen molar-refractivity contribution in [3.05, 3.63) is 28.4 Å². The molecule has 0 saturated carbocycles. The first-order valence-electron chi connectivity index (χ1n) is 9.14. The molecule has 0 spiro atoms. The quantitative estimate of drug-likeness (QED) is 0.466. The minimum atomic E-state index is 0.0973. The standard InChI is InChI=1S/C19H23N3OS2/c23-16(20-10-9-13-5-2-1-3-6-13)11-24-18-17-14-7-4-8-15(14)25-19(17)22-12-21-18/h5,12H,1-4,6-11H2,(H,20,23). The second-order valence-electron chi connectivity index (χ2n) is 6.71. The number of thioether (sulfide) groups is 1. The molecule has 0 saturated heterocycles. The second-order valence-corrected chi connectivity index (χ2v) is 8.76. The molecule has 0 radical (unpaired) electrons. The van der Waals surface area contributed by atoms with Crippen LogP contribution in [0.3, 0.4) is 0 Å². The van der Waals surface area contributed by atoms with Crippen LogP contribution in [0.1, 0.15) is 49.0 Å². The number of amides is 1. The van der Waals surface area contributed by atoms with Gasteiger partial charge in [-0.1, -0.05) is 23.4 Å². The van der Waals surface area contributed by atoms with Crippen LogP contribution in [0.2, 0.25) is 0 Å². The van der Waals surface area contributed by atoms with Crippen molar-refractivity contribution in [2.45, 2.75) is 56.4 Å². The molecule has 0 fully saturated rings. The molecule has 1 N–H and O–H groups in total. The molecule has 0 atom stereocenters. The number of nitrogens with one attached hydrogen (secondary N) is 1. The Kier molecular flexibility index (Phi) is 5.36. The first-order valence-corrected chi connectivity index (χ1v) is 10.9. The molecular weight excluding hydrogens is 350 g/mol. The Morgan fingerprint density at radius 1 is 1.20 bits per heavy atom. The van der Waals surface area contributed by atoms with E-state index in [1.54, 1.807) is 29.4 Å². The summed E-state index contributed by atoms with van der Waals surface area (Å²) < 4.78 is 0. The van der Waals surface area contributed by atoms with Crippen molar-refractivity contribution in [3.8, 4) is 0 Å². The first kappa shape index (κ1) is 17.0. The summed E-state index contributed by atoms with van der Waals surface area (Å²) in [5, 5.41) is 5.22. The van der Waals surface area contributed by atoms with Gasteiger partial charge < -0.3 is 5.32 Å². The summed E-state index contributed by atoms with van der Waals surface area (Å²) in [7, 11) is 0. The van der Waals surface area contributed by atoms with Gasteiger partial charge in [-0.25, -0.2) is 9.97 Å². The lowest BCUT2D eigenvalue weighted by molar-refractivity contribution is -0.118. The molecule has 2 aromatic rings. The Balaban J connectivity index is 1.33. The third-order valence-corrected chi connectivity index (χ3v) is 7.15. The van der Waals surface area contributed by atoms with Crippen LogP contribution in [0.5, 0.6) is 0 Å². The van der Waals surface area contributed by atoms with Crippen LogP contribution in [0.4, 0.5) is 0 Å². The molecule has 0 bridgehead atoms. The topological polar surface area (TPSA) is 54.9 Å². The van der Waals surface area contributed by atoms with E-state index in [-0.39, 0.29) is 5.91 Å². The summed E-state index contributed by atoms with van der Waals surface area (Å²) in [6.45, 7) is 0.748. The highest BCUT2D eigenvalue weighted by molar-refractivity contribution is 8.00. The first-order chi connectivity index (χ1) is 12.3. The van der Waals surface area contributed by atoms with Gasteiger partial charge >= 0.3 is 0 Å². The van der Waals surface area contributed by atoms with Crippen molar-refractivity contribution in [1.82, 2.24) is 15.3 Å². The molecule has 1 amide bonds. The van der Waals surface area contributed by atoms with Gasteiger partial charge in [0.15, 0.2) is 0 Å². The lowest BCUT2D eigenvalue weighted by atomic mass is 9.97. The molecule has 25 heavy (non-hydrogen) atoms. The molecule has 0 aliphatic heterocycles. The predicted molar refractivity (Wildman–Crippen MR) is 104 cm³/mol. The molecule has 6 heteroatoms. The fourth-order valence-electron chi connectivity index (χ4n) is 3.69. The lowest BCUT2D eigenvalue weighted by Crippen LogP contribution is -2.26. The summed E-state index contributed by atoms with van der Waals surface area (Å²) in [6.07, 6.45) is 13.5. The third-order valence-electron chi connectivity index (χ3n) is 4.96. The summed E-state index contributed by atoms with van der Waals surface area (Å²) in [5.74, 6) is 0.524. The van der Waals surface area contributed by atoms with E-state index in [0.29, 0.717) is 5.75 Å². The summed E-state index contributed by atoms with van der Waals surface area (Å²) in [4.78, 5) is 23.6. The van der Waals surface area contributed by atoms with E-state index >= 15 is 0 Å². The second kappa shape index (κ2) is 7.87. The van der Waals surface area contributed by atoms with Gasteiger partial charge in [0.25, 0.3) is 0 Å². The smallest absolute Gasteiger partial charge is 0.230 e. The maximum Gasteiger partial charge on any atom is 0.230 e. The number of fused-ring (bicyclic) bond motifs is 3. The van der Waals surface area contributed by atoms with Crippen molar-refractivity contribution in [2.75, 3.05) is 12.3 Å². The molecule has 2 aliphatic rings. The molecule has 132 valence electrons. The van der Waals surface area contributed by atoms with Crippen LogP contribution < -0.4 is 5.32 Å². The van der Waals surface area contributed by atoms with E-state index in [1.165, 1.54) is 53.5 Å². The predicted octanol–water partition coefficient (Wildman–Crippen LogP) is 4.28. The van der Waals surface area contributed by atoms with Crippen LogP contribution in [0.25, 0.3) is 10.2 Å². The maximum absolute atomic E-state index is 12.2. The molecule has 4 rings (SSSR count). The Hall–Kier alpha value is -1.40. The van der Waals surface area contributed by atoms with Crippen LogP contribution >= 0.6 is 23.1 Å². The monoisotopic (exact) mass is 373 g/mol. The van der Waals surface area contributed by atoms with Gasteiger partial charge in [-0.05, 0) is 56.9 Å². The highest BCUT2D eigenvalue weighted by atomic mass is 32.2. The number of carbonyl (C=O) groups is 1. The zero-order valence-corrected chi connectivity index (χ0v) is 16.0. The van der Waals surface area contributed by atoms with E-state index in [2.05, 4.69) is 21.4 Å². The van der Waals surface area contributed by atoms with E-state index in [0.717, 1.165) is 35.7 Å². The molecule has 2 aliphatic carbocycles. The zero-order valence-electron chi connectivity index (χ0n) is 14.3. The van der Waals surface area contributed by atoms with E-state index in [9.17, 15) is 4.79 Å². The Morgan fingerprint density at radius 3 is 3.04 bits per heavy atom. The van der Waals surface area contributed by atoms with Gasteiger partial charge in [-0.3, -0.25) is 4.79 Å². The Bertz CT molecular complexity index is 812. The highest BCUT2D eigenvalue weighted by Crippen LogP contribution is 2.39. The van der Waals surface area contributed by atoms with Crippen LogP contribution in [0.15, 0.2) is 23.0 Å². The number of carbonyl (C=O) groups excluding carboxylic acids is 1. The molecular formula is C19H23N3OS2. The zero-order chi connectivity index (χ0) is 17.1. The summed E-state index contributed by atoms with van der Waals surface area (Å²) >= 11 is 3.34. The van der Waals surface area contributed by atoms with Gasteiger partial charge in [-0.15, -0.1) is 11.3 Å². The molecule has 0 aromatic carbocycles. The van der Waals surface area contributed by atoms with Crippen molar-refractivity contribution >= 4 is 39.2 Å². The van der Waals surface area contributed by atoms with Crippen LogP contribution in [0, 0.1) is 0 Å². The van der Waals surface area contributed by atoms with Gasteiger partial charge in [0.2, 0.25) is 5.91 Å². The van der Waals surface area contributed by atoms with Crippen molar-refractivity contribution < 1.29 is 4.79 Å². The molecule has 2 heterocycles. The van der Waals surface area contributed by atoms with Crippen molar-refractivity contribution in [2.24, 2.45) is 0 Å². The maximum atomic E-state index is 12.2. The minimum absolute atomic E-state index is 0.0973. The average Bonchev–Trinajstić information content (AvgIpc) is 3.22. The van der Waals surface area contributed by atoms with E-state index in [1.807, 2.05) is 0 Å². The number of hydrogen-bond donors (Lipinski definition) is 1. The normalized spacial score (nSPS) is 16.7. The number of hydrogen-bond acceptors (Lipinski definition) is 5. The fourth-order valence-corrected chi connectivity index (χ4v) is 5.84.